The molecule has 0 amide bonds. The van der Waals surface area contributed by atoms with Gasteiger partial charge in [-0.3, -0.25) is 9.89 Å². The van der Waals surface area contributed by atoms with Crippen LogP contribution in [0.4, 0.5) is 5.69 Å². The van der Waals surface area contributed by atoms with Crippen LogP contribution >= 0.6 is 0 Å². The van der Waals surface area contributed by atoms with Gasteiger partial charge in [0.2, 0.25) is 0 Å². The van der Waals surface area contributed by atoms with Gasteiger partial charge in [-0.2, -0.15) is 5.10 Å². The van der Waals surface area contributed by atoms with Crippen molar-refractivity contribution in [3.8, 4) is 0 Å². The minimum atomic E-state index is -0.874. The van der Waals surface area contributed by atoms with Gasteiger partial charge in [-0.15, -0.1) is 5.10 Å². The van der Waals surface area contributed by atoms with Gasteiger partial charge in [-0.05, 0) is 37.5 Å². The first kappa shape index (κ1) is 23.3. The molecule has 4 aliphatic rings. The summed E-state index contributed by atoms with van der Waals surface area (Å²) in [6.07, 6.45) is 3.58. The van der Waals surface area contributed by atoms with Crippen LogP contribution in [0, 0.1) is 19.3 Å². The van der Waals surface area contributed by atoms with Crippen molar-refractivity contribution in [3.63, 3.8) is 0 Å². The minimum absolute atomic E-state index is 0.0966. The maximum atomic E-state index is 12.9. The second kappa shape index (κ2) is 7.86. The number of nitrogens with zero attached hydrogens (tertiary/aromatic N) is 6. The Balaban J connectivity index is 1.25. The largest absolute Gasteiger partial charge is 0.469 e. The maximum Gasteiger partial charge on any atom is 0.315 e. The first-order valence-electron chi connectivity index (χ1n) is 13.1. The van der Waals surface area contributed by atoms with Crippen molar-refractivity contribution < 1.29 is 14.3 Å². The molecule has 3 saturated heterocycles. The molecule has 6 heterocycles. The second-order valence-corrected chi connectivity index (χ2v) is 11.4. The van der Waals surface area contributed by atoms with E-state index in [4.69, 9.17) is 19.6 Å². The lowest BCUT2D eigenvalue weighted by atomic mass is 9.53. The molecule has 38 heavy (non-hydrogen) atoms. The highest BCUT2D eigenvalue weighted by Gasteiger charge is 2.78. The van der Waals surface area contributed by atoms with Crippen molar-refractivity contribution in [2.75, 3.05) is 31.7 Å². The van der Waals surface area contributed by atoms with Crippen molar-refractivity contribution in [3.05, 3.63) is 71.2 Å². The highest BCUT2D eigenvalue weighted by atomic mass is 16.5. The molecule has 0 spiro atoms. The molecule has 10 nitrogen and oxygen atoms in total. The quantitative estimate of drug-likeness (QED) is 0.405. The van der Waals surface area contributed by atoms with Crippen molar-refractivity contribution in [1.29, 1.82) is 0 Å². The molecule has 4 atom stereocenters. The van der Waals surface area contributed by atoms with Gasteiger partial charge in [0.05, 0.1) is 31.5 Å². The Morgan fingerprint density at radius 1 is 1.21 bits per heavy atom. The van der Waals surface area contributed by atoms with Crippen molar-refractivity contribution in [2.24, 2.45) is 5.41 Å². The fourth-order valence-corrected chi connectivity index (χ4v) is 6.92. The molecule has 4 aromatic rings. The smallest absolute Gasteiger partial charge is 0.315 e. The van der Waals surface area contributed by atoms with Crippen molar-refractivity contribution in [2.45, 2.75) is 50.5 Å². The summed E-state index contributed by atoms with van der Waals surface area (Å²) in [5.41, 5.74) is 2.69. The number of fused-ring (bicyclic) bond motifs is 2. The Morgan fingerprint density at radius 2 is 2.03 bits per heavy atom. The molecule has 3 aliphatic heterocycles. The number of rotatable bonds is 5. The first-order chi connectivity index (χ1) is 18.3. The molecule has 1 saturated carbocycles. The van der Waals surface area contributed by atoms with Gasteiger partial charge >= 0.3 is 5.97 Å². The molecular weight excluding hydrogens is 482 g/mol. The van der Waals surface area contributed by atoms with Crippen LogP contribution in [0.3, 0.4) is 0 Å². The summed E-state index contributed by atoms with van der Waals surface area (Å²) in [6.45, 7) is 8.37. The number of hydrogen-bond acceptors (Lipinski definition) is 8. The molecule has 3 unspecified atom stereocenters. The molecule has 1 aromatic carbocycles. The van der Waals surface area contributed by atoms with E-state index >= 15 is 0 Å². The molecule has 1 aliphatic carbocycles. The number of anilines is 1. The van der Waals surface area contributed by atoms with Crippen LogP contribution in [0.1, 0.15) is 54.3 Å². The Morgan fingerprint density at radius 3 is 2.76 bits per heavy atom. The zero-order chi connectivity index (χ0) is 26.3. The summed E-state index contributed by atoms with van der Waals surface area (Å²) in [6, 6.07) is 12.9. The van der Waals surface area contributed by atoms with Gasteiger partial charge in [0.15, 0.2) is 17.3 Å². The lowest BCUT2D eigenvalue weighted by molar-refractivity contribution is -0.162. The predicted molar refractivity (Wildman–Crippen MR) is 139 cm³/mol. The van der Waals surface area contributed by atoms with E-state index in [0.29, 0.717) is 23.9 Å². The molecule has 196 valence electrons. The average Bonchev–Trinajstić information content (AvgIpc) is 3.72. The van der Waals surface area contributed by atoms with Gasteiger partial charge in [0.25, 0.3) is 0 Å². The van der Waals surface area contributed by atoms with E-state index in [2.05, 4.69) is 76.5 Å². The highest BCUT2D eigenvalue weighted by molar-refractivity contribution is 5.82. The summed E-state index contributed by atoms with van der Waals surface area (Å²) in [4.78, 5) is 24.8. The van der Waals surface area contributed by atoms with Crippen molar-refractivity contribution in [1.82, 2.24) is 29.8 Å². The van der Waals surface area contributed by atoms with E-state index in [1.165, 1.54) is 12.7 Å². The molecule has 3 aromatic heterocycles. The van der Waals surface area contributed by atoms with E-state index in [1.807, 2.05) is 11.4 Å². The van der Waals surface area contributed by atoms with Crippen LogP contribution in [0.5, 0.6) is 0 Å². The lowest BCUT2D eigenvalue weighted by Crippen LogP contribution is -2.56. The molecular formula is C28H31N7O3. The number of hydrogen-bond donors (Lipinski definition) is 1. The van der Waals surface area contributed by atoms with Crippen molar-refractivity contribution >= 4 is 17.3 Å². The number of methoxy groups -OCH3 is 1. The molecule has 2 bridgehead atoms. The van der Waals surface area contributed by atoms with Crippen LogP contribution in [-0.4, -0.2) is 62.6 Å². The third kappa shape index (κ3) is 3.06. The molecule has 10 heteroatoms. The van der Waals surface area contributed by atoms with Gasteiger partial charge in [0.1, 0.15) is 16.8 Å². The van der Waals surface area contributed by atoms with Crippen LogP contribution in [0.25, 0.3) is 5.65 Å². The molecule has 0 radical (unpaired) electrons. The summed E-state index contributed by atoms with van der Waals surface area (Å²) in [7, 11) is 1.41. The molecule has 1 N–H and O–H groups in total. The number of nitrogens with one attached hydrogen (secondary N) is 1. The van der Waals surface area contributed by atoms with E-state index in [1.54, 1.807) is 0 Å². The van der Waals surface area contributed by atoms with E-state index in [0.717, 1.165) is 36.4 Å². The fraction of sp³-hybridized carbons (Fsp3) is 0.464. The molecule has 8 rings (SSSR count). The van der Waals surface area contributed by atoms with Gasteiger partial charge in [-0.25, -0.2) is 14.5 Å². The van der Waals surface area contributed by atoms with E-state index < -0.39 is 16.9 Å². The zero-order valence-corrected chi connectivity index (χ0v) is 22.1. The number of esters is 1. The van der Waals surface area contributed by atoms with Crippen LogP contribution in [0.2, 0.25) is 0 Å². The number of benzene rings is 1. The number of aryl methyl sites for hydroxylation is 2. The van der Waals surface area contributed by atoms with Gasteiger partial charge in [0, 0.05) is 24.9 Å². The summed E-state index contributed by atoms with van der Waals surface area (Å²) >= 11 is 0. The summed E-state index contributed by atoms with van der Waals surface area (Å²) in [5.74, 6) is 1.03. The number of pyridine rings is 1. The number of aromatic amines is 1. The maximum absolute atomic E-state index is 12.9. The zero-order valence-electron chi connectivity index (χ0n) is 22.1. The third-order valence-corrected chi connectivity index (χ3v) is 8.94. The third-order valence-electron chi connectivity index (χ3n) is 8.94. The molecule has 4 fully saturated rings. The second-order valence-electron chi connectivity index (χ2n) is 11.4. The topological polar surface area (TPSA) is 111 Å². The fourth-order valence-electron chi connectivity index (χ4n) is 6.92. The lowest BCUT2D eigenvalue weighted by Gasteiger charge is -2.47. The predicted octanol–water partition coefficient (Wildman–Crippen LogP) is 3.20. The minimum Gasteiger partial charge on any atom is -0.469 e. The Hall–Kier alpha value is -3.79. The van der Waals surface area contributed by atoms with Crippen LogP contribution < -0.4 is 4.90 Å². The first-order valence-corrected chi connectivity index (χ1v) is 13.1. The summed E-state index contributed by atoms with van der Waals surface area (Å²) < 4.78 is 13.4. The standard InChI is InChI=1S/C28H31N7O3/c1-17-12-20(34-11-10-26(3,15-34)19-8-6-5-7-9-19)13-35-23(17)30-24(33-35)28-14-27(16-38-28,25(36)37-4)21(28)22-29-18(2)31-32-22/h5-9,12-13,21H,10-11,14-16H2,1-4H3,(H,29,31,32)/t21?,26-,27?,28?/m0/s1. The Labute approximate surface area is 220 Å². The van der Waals surface area contributed by atoms with Crippen LogP contribution in [0.15, 0.2) is 42.6 Å². The van der Waals surface area contributed by atoms with Gasteiger partial charge < -0.3 is 14.4 Å². The SMILES string of the molecule is COC(=O)C12COC(c3nc4c(C)cc(N5CC[C@](C)(c6ccccc6)C5)cn4n3)(C1)C2c1n[nH]c(C)n1. The highest BCUT2D eigenvalue weighted by Crippen LogP contribution is 2.70. The monoisotopic (exact) mass is 513 g/mol. The Bertz CT molecular complexity index is 1570. The number of carbonyl (C=O) groups excluding carboxylic acids is 1. The van der Waals surface area contributed by atoms with Crippen LogP contribution in [-0.2, 0) is 25.3 Å². The van der Waals surface area contributed by atoms with E-state index in [9.17, 15) is 4.79 Å². The van der Waals surface area contributed by atoms with Gasteiger partial charge in [-0.1, -0.05) is 37.3 Å². The van der Waals surface area contributed by atoms with E-state index in [-0.39, 0.29) is 18.0 Å². The normalized spacial score (nSPS) is 30.1. The number of ether oxygens (including phenoxy) is 2. The average molecular weight is 514 g/mol. The summed E-state index contributed by atoms with van der Waals surface area (Å²) in [5, 5.41) is 12.2. The Kier molecular flexibility index (Phi) is 4.83. The number of carbonyl (C=O) groups is 1. The number of H-pyrrole nitrogens is 1. The number of aromatic nitrogens is 6.